The van der Waals surface area contributed by atoms with E-state index in [0.717, 1.165) is 30.4 Å². The highest BCUT2D eigenvalue weighted by atomic mass is 16.1. The third-order valence-electron chi connectivity index (χ3n) is 3.85. The quantitative estimate of drug-likeness (QED) is 0.637. The fourth-order valence-electron chi connectivity index (χ4n) is 2.54. The Morgan fingerprint density at radius 2 is 1.67 bits per heavy atom. The molecule has 1 rings (SSSR count). The van der Waals surface area contributed by atoms with Crippen molar-refractivity contribution >= 4 is 5.78 Å². The van der Waals surface area contributed by atoms with Gasteiger partial charge in [0, 0.05) is 6.42 Å². The molecule has 18 heavy (non-hydrogen) atoms. The number of allylic oxidation sites excluding steroid dienone is 1. The van der Waals surface area contributed by atoms with E-state index in [1.54, 1.807) is 0 Å². The maximum Gasteiger partial charge on any atom is 0.143 e. The van der Waals surface area contributed by atoms with Crippen molar-refractivity contribution in [1.29, 1.82) is 0 Å². The van der Waals surface area contributed by atoms with Crippen molar-refractivity contribution in [2.75, 3.05) is 0 Å². The van der Waals surface area contributed by atoms with Crippen LogP contribution in [0.25, 0.3) is 0 Å². The molecular weight excluding hydrogens is 220 g/mol. The molecular formula is C17H24O. The third-order valence-corrected chi connectivity index (χ3v) is 3.85. The predicted octanol–water partition coefficient (Wildman–Crippen LogP) is 4.67. The lowest BCUT2D eigenvalue weighted by Gasteiger charge is -2.31. The van der Waals surface area contributed by atoms with Crippen LogP contribution in [0.5, 0.6) is 0 Å². The summed E-state index contributed by atoms with van der Waals surface area (Å²) in [6.45, 7) is 10.1. The number of hydrogen-bond donors (Lipinski definition) is 0. The molecule has 0 radical (unpaired) electrons. The van der Waals surface area contributed by atoms with Crippen LogP contribution >= 0.6 is 0 Å². The minimum absolute atomic E-state index is 0.309. The zero-order valence-corrected chi connectivity index (χ0v) is 11.8. The highest BCUT2D eigenvalue weighted by molar-refractivity contribution is 5.90. The molecule has 0 heterocycles. The van der Waals surface area contributed by atoms with Crippen molar-refractivity contribution in [1.82, 2.24) is 0 Å². The summed E-state index contributed by atoms with van der Waals surface area (Å²) in [6.07, 6.45) is 3.13. The SMILES string of the molecule is C=C(C)CCC(=O)C(CC)(CC)c1ccccc1. The van der Waals surface area contributed by atoms with Gasteiger partial charge in [0.15, 0.2) is 0 Å². The monoisotopic (exact) mass is 244 g/mol. The average Bonchev–Trinajstić information content (AvgIpc) is 2.39. The van der Waals surface area contributed by atoms with Crippen LogP contribution in [-0.4, -0.2) is 5.78 Å². The Labute approximate surface area is 111 Å². The van der Waals surface area contributed by atoms with Crippen molar-refractivity contribution in [3.05, 3.63) is 48.0 Å². The van der Waals surface area contributed by atoms with Gasteiger partial charge in [0.1, 0.15) is 5.78 Å². The maximum atomic E-state index is 12.6. The van der Waals surface area contributed by atoms with Crippen LogP contribution in [0.15, 0.2) is 42.5 Å². The highest BCUT2D eigenvalue weighted by Gasteiger charge is 2.35. The summed E-state index contributed by atoms with van der Waals surface area (Å²) in [5.41, 5.74) is 1.93. The van der Waals surface area contributed by atoms with Gasteiger partial charge in [-0.3, -0.25) is 4.79 Å². The van der Waals surface area contributed by atoms with Crippen molar-refractivity contribution in [2.45, 2.75) is 51.9 Å². The number of ketones is 1. The van der Waals surface area contributed by atoms with Gasteiger partial charge in [-0.25, -0.2) is 0 Å². The largest absolute Gasteiger partial charge is 0.299 e. The fraction of sp³-hybridized carbons (Fsp3) is 0.471. The number of benzene rings is 1. The maximum absolute atomic E-state index is 12.6. The molecule has 0 aliphatic carbocycles. The molecule has 0 saturated carbocycles. The Morgan fingerprint density at radius 3 is 2.11 bits per heavy atom. The van der Waals surface area contributed by atoms with E-state index in [2.05, 4.69) is 32.6 Å². The van der Waals surface area contributed by atoms with E-state index in [4.69, 9.17) is 0 Å². The van der Waals surface area contributed by atoms with Crippen molar-refractivity contribution in [2.24, 2.45) is 0 Å². The number of rotatable bonds is 7. The van der Waals surface area contributed by atoms with Crippen LogP contribution in [0.4, 0.5) is 0 Å². The topological polar surface area (TPSA) is 17.1 Å². The lowest BCUT2D eigenvalue weighted by atomic mass is 9.71. The zero-order chi connectivity index (χ0) is 13.6. The van der Waals surface area contributed by atoms with Gasteiger partial charge >= 0.3 is 0 Å². The Hall–Kier alpha value is -1.37. The normalized spacial score (nSPS) is 11.3. The molecule has 0 aliphatic heterocycles. The van der Waals surface area contributed by atoms with Crippen LogP contribution < -0.4 is 0 Å². The highest BCUT2D eigenvalue weighted by Crippen LogP contribution is 2.34. The van der Waals surface area contributed by atoms with Gasteiger partial charge < -0.3 is 0 Å². The van der Waals surface area contributed by atoms with Gasteiger partial charge in [0.25, 0.3) is 0 Å². The summed E-state index contributed by atoms with van der Waals surface area (Å²) >= 11 is 0. The Kier molecular flexibility index (Phi) is 5.33. The van der Waals surface area contributed by atoms with Crippen LogP contribution in [0.1, 0.15) is 52.0 Å². The fourth-order valence-corrected chi connectivity index (χ4v) is 2.54. The van der Waals surface area contributed by atoms with Crippen molar-refractivity contribution < 1.29 is 4.79 Å². The molecule has 0 aromatic heterocycles. The van der Waals surface area contributed by atoms with E-state index in [-0.39, 0.29) is 5.41 Å². The van der Waals surface area contributed by atoms with Crippen molar-refractivity contribution in [3.63, 3.8) is 0 Å². The van der Waals surface area contributed by atoms with E-state index in [9.17, 15) is 4.79 Å². The second-order valence-corrected chi connectivity index (χ2v) is 5.04. The third kappa shape index (κ3) is 3.10. The standard InChI is InChI=1S/C17H24O/c1-5-17(6-2,15-10-8-7-9-11-15)16(18)13-12-14(3)4/h7-11H,3,5-6,12-13H2,1-2,4H3. The smallest absolute Gasteiger partial charge is 0.143 e. The predicted molar refractivity (Wildman–Crippen MR) is 77.8 cm³/mol. The molecule has 0 bridgehead atoms. The van der Waals surface area contributed by atoms with E-state index >= 15 is 0 Å². The molecule has 0 unspecified atom stereocenters. The summed E-state index contributed by atoms with van der Waals surface area (Å²) in [5, 5.41) is 0. The molecule has 1 aromatic carbocycles. The molecule has 0 spiro atoms. The molecule has 0 atom stereocenters. The molecule has 1 nitrogen and oxygen atoms in total. The van der Waals surface area contributed by atoms with E-state index in [1.165, 1.54) is 0 Å². The average molecular weight is 244 g/mol. The van der Waals surface area contributed by atoms with Crippen LogP contribution in [0.3, 0.4) is 0 Å². The Balaban J connectivity index is 3.00. The van der Waals surface area contributed by atoms with Gasteiger partial charge in [-0.2, -0.15) is 0 Å². The minimum atomic E-state index is -0.309. The zero-order valence-electron chi connectivity index (χ0n) is 11.8. The first-order valence-corrected chi connectivity index (χ1v) is 6.80. The van der Waals surface area contributed by atoms with Crippen LogP contribution in [0, 0.1) is 0 Å². The van der Waals surface area contributed by atoms with E-state index in [0.29, 0.717) is 12.2 Å². The number of carbonyl (C=O) groups excluding carboxylic acids is 1. The lowest BCUT2D eigenvalue weighted by molar-refractivity contribution is -0.124. The summed E-state index contributed by atoms with van der Waals surface area (Å²) in [6, 6.07) is 10.2. The molecule has 0 fully saturated rings. The molecule has 0 saturated heterocycles. The molecule has 1 heteroatoms. The van der Waals surface area contributed by atoms with Gasteiger partial charge in [-0.1, -0.05) is 49.8 Å². The lowest BCUT2D eigenvalue weighted by Crippen LogP contribution is -2.34. The second-order valence-electron chi connectivity index (χ2n) is 5.04. The van der Waals surface area contributed by atoms with Gasteiger partial charge in [-0.15, -0.1) is 6.58 Å². The molecule has 0 N–H and O–H groups in total. The Bertz CT molecular complexity index is 399. The first-order valence-electron chi connectivity index (χ1n) is 6.80. The minimum Gasteiger partial charge on any atom is -0.299 e. The molecule has 0 aliphatic rings. The Morgan fingerprint density at radius 1 is 1.11 bits per heavy atom. The summed E-state index contributed by atoms with van der Waals surface area (Å²) in [4.78, 5) is 12.6. The van der Waals surface area contributed by atoms with Gasteiger partial charge in [0.05, 0.1) is 5.41 Å². The van der Waals surface area contributed by atoms with Gasteiger partial charge in [-0.05, 0) is 31.7 Å². The second kappa shape index (κ2) is 6.53. The van der Waals surface area contributed by atoms with Crippen molar-refractivity contribution in [3.8, 4) is 0 Å². The van der Waals surface area contributed by atoms with Gasteiger partial charge in [0.2, 0.25) is 0 Å². The van der Waals surface area contributed by atoms with Crippen LogP contribution in [0.2, 0.25) is 0 Å². The summed E-state index contributed by atoms with van der Waals surface area (Å²) in [5.74, 6) is 0.349. The molecule has 0 amide bonds. The summed E-state index contributed by atoms with van der Waals surface area (Å²) < 4.78 is 0. The van der Waals surface area contributed by atoms with E-state index < -0.39 is 0 Å². The number of Topliss-reactive ketones (excluding diaryl/α,β-unsaturated/α-hetero) is 1. The van der Waals surface area contributed by atoms with Crippen LogP contribution in [-0.2, 0) is 10.2 Å². The first-order chi connectivity index (χ1) is 8.56. The van der Waals surface area contributed by atoms with E-state index in [1.807, 2.05) is 25.1 Å². The number of carbonyl (C=O) groups is 1. The summed E-state index contributed by atoms with van der Waals surface area (Å²) in [7, 11) is 0. The number of hydrogen-bond acceptors (Lipinski definition) is 1. The molecule has 98 valence electrons. The first kappa shape index (κ1) is 14.7. The molecule has 1 aromatic rings.